The number of benzene rings is 2. The summed E-state index contributed by atoms with van der Waals surface area (Å²) in [4.78, 5) is 4.47. The smallest absolute Gasteiger partial charge is 0.208 e. The van der Waals surface area contributed by atoms with E-state index >= 15 is 0 Å². The second-order valence-electron chi connectivity index (χ2n) is 6.23. The molecule has 1 aromatic heterocycles. The third-order valence-electron chi connectivity index (χ3n) is 4.47. The monoisotopic (exact) mass is 372 g/mol. The van der Waals surface area contributed by atoms with Crippen molar-refractivity contribution in [3.8, 4) is 0 Å². The van der Waals surface area contributed by atoms with Crippen LogP contribution < -0.4 is 9.80 Å². The number of hydrogen-bond donors (Lipinski definition) is 0. The van der Waals surface area contributed by atoms with E-state index < -0.39 is 0 Å². The summed E-state index contributed by atoms with van der Waals surface area (Å²) >= 11 is 1.58. The van der Waals surface area contributed by atoms with Gasteiger partial charge in [0.15, 0.2) is 0 Å². The zero-order valence-electron chi connectivity index (χ0n) is 14.1. The van der Waals surface area contributed by atoms with Gasteiger partial charge in [0.1, 0.15) is 16.6 Å². The van der Waals surface area contributed by atoms with Crippen LogP contribution in [0.15, 0.2) is 48.5 Å². The minimum atomic E-state index is -0.231. The van der Waals surface area contributed by atoms with Gasteiger partial charge in [0, 0.05) is 38.3 Å². The number of hydrogen-bond acceptors (Lipinski definition) is 5. The van der Waals surface area contributed by atoms with Crippen LogP contribution in [-0.2, 0) is 6.42 Å². The first-order valence-electron chi connectivity index (χ1n) is 8.50. The fourth-order valence-corrected chi connectivity index (χ4v) is 3.95. The van der Waals surface area contributed by atoms with E-state index in [2.05, 4.69) is 20.0 Å². The third kappa shape index (κ3) is 3.83. The number of nitrogens with zero attached hydrogens (tertiary/aromatic N) is 4. The molecule has 1 fully saturated rings. The van der Waals surface area contributed by atoms with Gasteiger partial charge in [-0.1, -0.05) is 23.5 Å². The lowest BCUT2D eigenvalue weighted by Gasteiger charge is -2.35. The Bertz CT molecular complexity index is 856. The molecular weight excluding hydrogens is 354 g/mol. The molecule has 0 amide bonds. The molecule has 0 radical (unpaired) electrons. The molecule has 0 N–H and O–H groups in total. The van der Waals surface area contributed by atoms with Crippen molar-refractivity contribution < 1.29 is 8.78 Å². The molecule has 4 rings (SSSR count). The number of anilines is 2. The van der Waals surface area contributed by atoms with Gasteiger partial charge in [-0.05, 0) is 42.0 Å². The summed E-state index contributed by atoms with van der Waals surface area (Å²) in [6, 6.07) is 13.1. The Hall–Kier alpha value is -2.54. The lowest BCUT2D eigenvalue weighted by Crippen LogP contribution is -2.46. The molecule has 0 unspecified atom stereocenters. The molecular formula is C19H18F2N4S. The minimum absolute atomic E-state index is 0.213. The average molecular weight is 372 g/mol. The molecule has 0 saturated carbocycles. The van der Waals surface area contributed by atoms with Gasteiger partial charge in [-0.3, -0.25) is 0 Å². The van der Waals surface area contributed by atoms with Crippen LogP contribution in [0.1, 0.15) is 10.6 Å². The lowest BCUT2D eigenvalue weighted by atomic mass is 10.2. The second-order valence-corrected chi connectivity index (χ2v) is 7.27. The van der Waals surface area contributed by atoms with Crippen molar-refractivity contribution in [1.29, 1.82) is 0 Å². The molecule has 134 valence electrons. The van der Waals surface area contributed by atoms with Gasteiger partial charge >= 0.3 is 0 Å². The summed E-state index contributed by atoms with van der Waals surface area (Å²) in [7, 11) is 0. The van der Waals surface area contributed by atoms with E-state index in [0.717, 1.165) is 47.6 Å². The van der Waals surface area contributed by atoms with Gasteiger partial charge in [-0.25, -0.2) is 8.78 Å². The molecule has 1 aliphatic rings. The summed E-state index contributed by atoms with van der Waals surface area (Å²) < 4.78 is 26.0. The second kappa shape index (κ2) is 7.37. The molecule has 26 heavy (non-hydrogen) atoms. The molecule has 1 aliphatic heterocycles. The summed E-state index contributed by atoms with van der Waals surface area (Å²) in [5, 5.41) is 10.4. The topological polar surface area (TPSA) is 32.3 Å². The molecule has 0 bridgehead atoms. The quantitative estimate of drug-likeness (QED) is 0.699. The first kappa shape index (κ1) is 16.9. The van der Waals surface area contributed by atoms with Gasteiger partial charge < -0.3 is 9.80 Å². The maximum absolute atomic E-state index is 13.1. The van der Waals surface area contributed by atoms with Gasteiger partial charge in [0.05, 0.1) is 0 Å². The normalized spacial score (nSPS) is 14.7. The van der Waals surface area contributed by atoms with Crippen LogP contribution in [0.4, 0.5) is 19.6 Å². The summed E-state index contributed by atoms with van der Waals surface area (Å²) in [6.45, 7) is 3.42. The first-order chi connectivity index (χ1) is 12.7. The van der Waals surface area contributed by atoms with E-state index in [-0.39, 0.29) is 11.6 Å². The Morgan fingerprint density at radius 3 is 2.00 bits per heavy atom. The van der Waals surface area contributed by atoms with Crippen molar-refractivity contribution >= 4 is 22.2 Å². The van der Waals surface area contributed by atoms with Gasteiger partial charge in [0.25, 0.3) is 0 Å². The largest absolute Gasteiger partial charge is 0.368 e. The van der Waals surface area contributed by atoms with Crippen LogP contribution >= 0.6 is 11.3 Å². The van der Waals surface area contributed by atoms with Gasteiger partial charge in [-0.15, -0.1) is 10.2 Å². The van der Waals surface area contributed by atoms with Crippen LogP contribution in [0, 0.1) is 11.6 Å². The molecule has 1 saturated heterocycles. The predicted molar refractivity (Wildman–Crippen MR) is 99.9 cm³/mol. The standard InChI is InChI=1S/C19H18F2N4S/c20-15-3-1-14(2-4-15)13-18-22-23-19(26-18)25-11-9-24(10-12-25)17-7-5-16(21)6-8-17/h1-8H,9-13H2. The zero-order valence-corrected chi connectivity index (χ0v) is 14.9. The van der Waals surface area contributed by atoms with Crippen LogP contribution in [0.25, 0.3) is 0 Å². The highest BCUT2D eigenvalue weighted by Gasteiger charge is 2.20. The Labute approximate surface area is 154 Å². The fourth-order valence-electron chi connectivity index (χ4n) is 3.03. The van der Waals surface area contributed by atoms with E-state index in [9.17, 15) is 8.78 Å². The predicted octanol–water partition coefficient (Wildman–Crippen LogP) is 3.73. The van der Waals surface area contributed by atoms with Crippen molar-refractivity contribution in [2.75, 3.05) is 36.0 Å². The Morgan fingerprint density at radius 1 is 0.769 bits per heavy atom. The Morgan fingerprint density at radius 2 is 1.35 bits per heavy atom. The SMILES string of the molecule is Fc1ccc(Cc2nnc(N3CCN(c4ccc(F)cc4)CC3)s2)cc1. The van der Waals surface area contributed by atoms with Crippen molar-refractivity contribution in [1.82, 2.24) is 10.2 Å². The third-order valence-corrected chi connectivity index (χ3v) is 5.45. The molecule has 0 spiro atoms. The van der Waals surface area contributed by atoms with E-state index in [1.54, 1.807) is 23.5 Å². The summed E-state index contributed by atoms with van der Waals surface area (Å²) in [5.41, 5.74) is 2.07. The van der Waals surface area contributed by atoms with E-state index in [1.807, 2.05) is 12.1 Å². The average Bonchev–Trinajstić information content (AvgIpc) is 3.13. The molecule has 4 nitrogen and oxygen atoms in total. The number of rotatable bonds is 4. The molecule has 2 aromatic carbocycles. The van der Waals surface area contributed by atoms with Crippen molar-refractivity contribution in [3.63, 3.8) is 0 Å². The maximum atomic E-state index is 13.1. The molecule has 2 heterocycles. The van der Waals surface area contributed by atoms with E-state index in [4.69, 9.17) is 0 Å². The van der Waals surface area contributed by atoms with Crippen molar-refractivity contribution in [2.45, 2.75) is 6.42 Å². The number of aromatic nitrogens is 2. The van der Waals surface area contributed by atoms with Gasteiger partial charge in [0.2, 0.25) is 5.13 Å². The highest BCUT2D eigenvalue weighted by atomic mass is 32.1. The highest BCUT2D eigenvalue weighted by molar-refractivity contribution is 7.15. The van der Waals surface area contributed by atoms with Crippen LogP contribution in [0.5, 0.6) is 0 Å². The maximum Gasteiger partial charge on any atom is 0.208 e. The Balaban J connectivity index is 1.36. The first-order valence-corrected chi connectivity index (χ1v) is 9.31. The minimum Gasteiger partial charge on any atom is -0.368 e. The lowest BCUT2D eigenvalue weighted by molar-refractivity contribution is 0.624. The van der Waals surface area contributed by atoms with Crippen LogP contribution in [-0.4, -0.2) is 36.4 Å². The fraction of sp³-hybridized carbons (Fsp3) is 0.263. The molecule has 3 aromatic rings. The summed E-state index contributed by atoms with van der Waals surface area (Å²) in [5.74, 6) is -0.444. The number of halogens is 2. The molecule has 7 heteroatoms. The molecule has 0 atom stereocenters. The van der Waals surface area contributed by atoms with Crippen molar-refractivity contribution in [3.05, 3.63) is 70.7 Å². The van der Waals surface area contributed by atoms with Crippen LogP contribution in [0.3, 0.4) is 0 Å². The summed E-state index contributed by atoms with van der Waals surface area (Å²) in [6.07, 6.45) is 0.660. The van der Waals surface area contributed by atoms with Crippen molar-refractivity contribution in [2.24, 2.45) is 0 Å². The zero-order chi connectivity index (χ0) is 17.9. The van der Waals surface area contributed by atoms with Crippen LogP contribution in [0.2, 0.25) is 0 Å². The van der Waals surface area contributed by atoms with E-state index in [1.165, 1.54) is 24.3 Å². The molecule has 0 aliphatic carbocycles. The van der Waals surface area contributed by atoms with Gasteiger partial charge in [-0.2, -0.15) is 0 Å². The highest BCUT2D eigenvalue weighted by Crippen LogP contribution is 2.25. The number of piperazine rings is 1. The Kier molecular flexibility index (Phi) is 4.79. The van der Waals surface area contributed by atoms with E-state index in [0.29, 0.717) is 6.42 Å².